The molecule has 0 fully saturated rings. The van der Waals surface area contributed by atoms with Gasteiger partial charge in [0.2, 0.25) is 0 Å². The fourth-order valence-corrected chi connectivity index (χ4v) is 1.54. The molecule has 1 aromatic rings. The van der Waals surface area contributed by atoms with Crippen LogP contribution in [-0.4, -0.2) is 20.9 Å². The maximum absolute atomic E-state index is 13.3. The molecule has 1 unspecified atom stereocenters. The molecule has 0 radical (unpaired) electrons. The molecule has 0 heterocycles. The number of rotatable bonds is 4. The fraction of sp³-hybridized carbons (Fsp3) is 0.364. The molecule has 0 aliphatic rings. The summed E-state index contributed by atoms with van der Waals surface area (Å²) in [6.45, 7) is 0. The average Bonchev–Trinajstić information content (AvgIpc) is 2.25. The number of benzene rings is 1. The van der Waals surface area contributed by atoms with E-state index in [0.717, 1.165) is 6.07 Å². The Morgan fingerprint density at radius 2 is 1.88 bits per heavy atom. The number of halogens is 3. The Labute approximate surface area is 98.2 Å². The lowest BCUT2D eigenvalue weighted by Gasteiger charge is -2.10. The molecule has 1 aromatic carbocycles. The summed E-state index contributed by atoms with van der Waals surface area (Å²) in [5.41, 5.74) is 0.0558. The standard InChI is InChI=1S/C11H12BF3O2/c1-17-11(16)4-7(12)2-6-3-9(14)10(15)5-8(6)13/h3,5,7H,2,4,12H2,1H3. The van der Waals surface area contributed by atoms with Crippen LogP contribution in [0.3, 0.4) is 0 Å². The number of hydrogen-bond donors (Lipinski definition) is 0. The van der Waals surface area contributed by atoms with Crippen LogP contribution >= 0.6 is 0 Å². The Balaban J connectivity index is 2.74. The lowest BCUT2D eigenvalue weighted by atomic mass is 9.79. The van der Waals surface area contributed by atoms with Gasteiger partial charge in [0.1, 0.15) is 13.7 Å². The molecule has 0 saturated carbocycles. The number of methoxy groups -OCH3 is 1. The van der Waals surface area contributed by atoms with Crippen molar-refractivity contribution in [3.63, 3.8) is 0 Å². The molecular formula is C11H12BF3O2. The Bertz CT molecular complexity index is 423. The van der Waals surface area contributed by atoms with E-state index in [-0.39, 0.29) is 24.2 Å². The van der Waals surface area contributed by atoms with Crippen molar-refractivity contribution in [2.45, 2.75) is 18.7 Å². The topological polar surface area (TPSA) is 26.3 Å². The fourth-order valence-electron chi connectivity index (χ4n) is 1.54. The third kappa shape index (κ3) is 3.80. The van der Waals surface area contributed by atoms with Gasteiger partial charge in [-0.25, -0.2) is 13.2 Å². The van der Waals surface area contributed by atoms with Crippen LogP contribution in [0.2, 0.25) is 5.82 Å². The second-order valence-corrected chi connectivity index (χ2v) is 3.95. The summed E-state index contributed by atoms with van der Waals surface area (Å²) in [5.74, 6) is -3.73. The van der Waals surface area contributed by atoms with E-state index in [1.54, 1.807) is 7.85 Å². The summed E-state index contributed by atoms with van der Waals surface area (Å²) in [5, 5.41) is 0. The maximum Gasteiger partial charge on any atom is 0.305 e. The van der Waals surface area contributed by atoms with Gasteiger partial charge in [0.15, 0.2) is 11.6 Å². The molecule has 92 valence electrons. The van der Waals surface area contributed by atoms with Gasteiger partial charge in [-0.05, 0) is 18.1 Å². The van der Waals surface area contributed by atoms with E-state index in [4.69, 9.17) is 0 Å². The molecule has 2 nitrogen and oxygen atoms in total. The number of carbonyl (C=O) groups is 1. The summed E-state index contributed by atoms with van der Waals surface area (Å²) in [6.07, 6.45) is 0.257. The molecule has 17 heavy (non-hydrogen) atoms. The summed E-state index contributed by atoms with van der Waals surface area (Å²) >= 11 is 0. The van der Waals surface area contributed by atoms with Crippen LogP contribution < -0.4 is 0 Å². The van der Waals surface area contributed by atoms with Crippen LogP contribution in [0.5, 0.6) is 0 Å². The molecule has 0 N–H and O–H groups in total. The minimum Gasteiger partial charge on any atom is -0.469 e. The van der Waals surface area contributed by atoms with Crippen molar-refractivity contribution in [2.24, 2.45) is 0 Å². The van der Waals surface area contributed by atoms with E-state index < -0.39 is 23.4 Å². The van der Waals surface area contributed by atoms with Gasteiger partial charge in [-0.1, -0.05) is 5.82 Å². The summed E-state index contributed by atoms with van der Waals surface area (Å²) in [7, 11) is 2.96. The molecular weight excluding hydrogens is 232 g/mol. The van der Waals surface area contributed by atoms with Crippen molar-refractivity contribution in [2.75, 3.05) is 7.11 Å². The molecule has 0 aromatic heterocycles. The SMILES string of the molecule is BC(CC(=O)OC)Cc1cc(F)c(F)cc1F. The molecule has 6 heteroatoms. The van der Waals surface area contributed by atoms with E-state index in [1.807, 2.05) is 0 Å². The molecule has 0 aliphatic carbocycles. The summed E-state index contributed by atoms with van der Waals surface area (Å²) < 4.78 is 43.3. The Kier molecular flexibility index (Phi) is 4.60. The molecule has 0 spiro atoms. The predicted octanol–water partition coefficient (Wildman–Crippen LogP) is 1.63. The van der Waals surface area contributed by atoms with Gasteiger partial charge in [-0.2, -0.15) is 0 Å². The number of hydrogen-bond acceptors (Lipinski definition) is 2. The first-order valence-corrected chi connectivity index (χ1v) is 5.14. The lowest BCUT2D eigenvalue weighted by molar-refractivity contribution is -0.140. The Hall–Kier alpha value is -1.46. The quantitative estimate of drug-likeness (QED) is 0.457. The van der Waals surface area contributed by atoms with E-state index >= 15 is 0 Å². The van der Waals surface area contributed by atoms with Crippen molar-refractivity contribution in [3.05, 3.63) is 35.1 Å². The molecule has 0 bridgehead atoms. The van der Waals surface area contributed by atoms with Gasteiger partial charge in [-0.3, -0.25) is 4.79 Å². The van der Waals surface area contributed by atoms with Crippen LogP contribution in [0.1, 0.15) is 12.0 Å². The average molecular weight is 244 g/mol. The second kappa shape index (κ2) is 5.75. The highest BCUT2D eigenvalue weighted by Gasteiger charge is 2.15. The second-order valence-electron chi connectivity index (χ2n) is 3.95. The summed E-state index contributed by atoms with van der Waals surface area (Å²) in [4.78, 5) is 11.0. The Morgan fingerprint density at radius 1 is 1.29 bits per heavy atom. The first-order chi connectivity index (χ1) is 7.93. The first kappa shape index (κ1) is 13.6. The van der Waals surface area contributed by atoms with Crippen LogP contribution in [0.4, 0.5) is 13.2 Å². The van der Waals surface area contributed by atoms with Crippen LogP contribution in [0.25, 0.3) is 0 Å². The molecule has 1 atom stereocenters. The van der Waals surface area contributed by atoms with E-state index in [9.17, 15) is 18.0 Å². The monoisotopic (exact) mass is 244 g/mol. The highest BCUT2D eigenvalue weighted by atomic mass is 19.2. The van der Waals surface area contributed by atoms with E-state index in [2.05, 4.69) is 4.74 Å². The maximum atomic E-state index is 13.3. The van der Waals surface area contributed by atoms with Crippen LogP contribution in [0, 0.1) is 17.5 Å². The third-order valence-corrected chi connectivity index (χ3v) is 2.40. The van der Waals surface area contributed by atoms with Crippen molar-refractivity contribution >= 4 is 13.8 Å². The van der Waals surface area contributed by atoms with Crippen LogP contribution in [0.15, 0.2) is 12.1 Å². The number of ether oxygens (including phenoxy) is 1. The van der Waals surface area contributed by atoms with Gasteiger partial charge in [0, 0.05) is 12.5 Å². The van der Waals surface area contributed by atoms with Gasteiger partial charge < -0.3 is 4.74 Å². The van der Waals surface area contributed by atoms with Crippen LogP contribution in [-0.2, 0) is 16.0 Å². The molecule has 0 aliphatic heterocycles. The smallest absolute Gasteiger partial charge is 0.305 e. The lowest BCUT2D eigenvalue weighted by Crippen LogP contribution is -2.09. The number of carbonyl (C=O) groups excluding carboxylic acids is 1. The minimum atomic E-state index is -1.22. The number of esters is 1. The highest BCUT2D eigenvalue weighted by molar-refractivity contribution is 6.13. The normalized spacial score (nSPS) is 12.2. The van der Waals surface area contributed by atoms with Crippen molar-refractivity contribution < 1.29 is 22.7 Å². The first-order valence-electron chi connectivity index (χ1n) is 5.14. The third-order valence-electron chi connectivity index (χ3n) is 2.40. The van der Waals surface area contributed by atoms with Crippen molar-refractivity contribution in [1.82, 2.24) is 0 Å². The van der Waals surface area contributed by atoms with E-state index in [0.29, 0.717) is 6.07 Å². The largest absolute Gasteiger partial charge is 0.469 e. The van der Waals surface area contributed by atoms with Gasteiger partial charge in [-0.15, -0.1) is 0 Å². The molecule has 1 rings (SSSR count). The Morgan fingerprint density at radius 3 is 2.47 bits per heavy atom. The van der Waals surface area contributed by atoms with Crippen molar-refractivity contribution in [3.8, 4) is 0 Å². The zero-order valence-corrected chi connectivity index (χ0v) is 9.60. The zero-order valence-electron chi connectivity index (χ0n) is 9.60. The predicted molar refractivity (Wildman–Crippen MR) is 58.9 cm³/mol. The summed E-state index contributed by atoms with van der Waals surface area (Å²) in [6, 6.07) is 1.33. The van der Waals surface area contributed by atoms with E-state index in [1.165, 1.54) is 7.11 Å². The van der Waals surface area contributed by atoms with Gasteiger partial charge >= 0.3 is 5.97 Å². The zero-order chi connectivity index (χ0) is 13.0. The minimum absolute atomic E-state index is 0.0558. The van der Waals surface area contributed by atoms with Gasteiger partial charge in [0.25, 0.3) is 0 Å². The van der Waals surface area contributed by atoms with Gasteiger partial charge in [0.05, 0.1) is 7.11 Å². The van der Waals surface area contributed by atoms with Crippen molar-refractivity contribution in [1.29, 1.82) is 0 Å². The molecule has 0 saturated heterocycles. The highest BCUT2D eigenvalue weighted by Crippen LogP contribution is 2.20. The molecule has 0 amide bonds.